The number of rotatable bonds is 6. The van der Waals surface area contributed by atoms with Crippen LogP contribution in [0.5, 0.6) is 0 Å². The van der Waals surface area contributed by atoms with E-state index in [2.05, 4.69) is 16.0 Å². The minimum Gasteiger partial charge on any atom is -0.352 e. The maximum absolute atomic E-state index is 12.6. The Kier molecular flexibility index (Phi) is 7.84. The van der Waals surface area contributed by atoms with E-state index < -0.39 is 6.04 Å². The Morgan fingerprint density at radius 1 is 1.07 bits per heavy atom. The van der Waals surface area contributed by atoms with Crippen molar-refractivity contribution in [3.63, 3.8) is 0 Å². The number of carbonyl (C=O) groups is 3. The number of nitrogens with one attached hydrogen (secondary N) is 3. The molecule has 0 radical (unpaired) electrons. The smallest absolute Gasteiger partial charge is 0.315 e. The van der Waals surface area contributed by atoms with Crippen molar-refractivity contribution in [1.82, 2.24) is 20.9 Å². The first kappa shape index (κ1) is 21.7. The van der Waals surface area contributed by atoms with Gasteiger partial charge in [0.05, 0.1) is 0 Å². The number of carbonyl (C=O) groups excluding carboxylic acids is 3. The molecule has 1 fully saturated rings. The van der Waals surface area contributed by atoms with Crippen molar-refractivity contribution < 1.29 is 14.4 Å². The van der Waals surface area contributed by atoms with Crippen LogP contribution in [0.1, 0.15) is 56.0 Å². The number of nitrogens with zero attached hydrogens (tertiary/aromatic N) is 1. The molecule has 7 nitrogen and oxygen atoms in total. The van der Waals surface area contributed by atoms with E-state index in [4.69, 9.17) is 0 Å². The maximum atomic E-state index is 12.6. The summed E-state index contributed by atoms with van der Waals surface area (Å²) >= 11 is 0. The first-order valence-electron chi connectivity index (χ1n) is 10.0. The van der Waals surface area contributed by atoms with E-state index in [1.807, 2.05) is 49.9 Å². The van der Waals surface area contributed by atoms with Gasteiger partial charge in [0, 0.05) is 30.7 Å². The molecule has 0 saturated carbocycles. The molecule has 1 heterocycles. The zero-order chi connectivity index (χ0) is 20.7. The van der Waals surface area contributed by atoms with Crippen LogP contribution in [0.25, 0.3) is 0 Å². The van der Waals surface area contributed by atoms with E-state index in [9.17, 15) is 14.4 Å². The fourth-order valence-corrected chi connectivity index (χ4v) is 3.06. The molecule has 28 heavy (non-hydrogen) atoms. The molecule has 4 amide bonds. The number of hydrogen-bond donors (Lipinski definition) is 3. The minimum atomic E-state index is -0.600. The number of urea groups is 1. The van der Waals surface area contributed by atoms with E-state index in [0.717, 1.165) is 12.0 Å². The molecule has 1 aliphatic heterocycles. The summed E-state index contributed by atoms with van der Waals surface area (Å²) in [5, 5.41) is 8.44. The second kappa shape index (κ2) is 10.1. The molecule has 3 N–H and O–H groups in total. The molecular weight excluding hydrogens is 356 g/mol. The number of likely N-dealkylation sites (tertiary alicyclic amines) is 1. The Morgan fingerprint density at radius 3 is 2.25 bits per heavy atom. The third-order valence-electron chi connectivity index (χ3n) is 5.16. The number of hydrogen-bond acceptors (Lipinski definition) is 3. The standard InChI is InChI=1S/C21H32N4O3/c1-5-15(3)22-19(26)16(4)23-21(28)24-18-10-12-25(13-11-18)20(27)17-8-6-14(2)7-9-17/h6-9,15-16,18H,5,10-13H2,1-4H3,(H,22,26)(H2,23,24,28). The summed E-state index contributed by atoms with van der Waals surface area (Å²) in [6.07, 6.45) is 2.22. The fraction of sp³-hybridized carbons (Fsp3) is 0.571. The molecular formula is C21H32N4O3. The van der Waals surface area contributed by atoms with Crippen molar-refractivity contribution in [2.24, 2.45) is 0 Å². The highest BCUT2D eigenvalue weighted by Crippen LogP contribution is 2.14. The minimum absolute atomic E-state index is 0.00751. The van der Waals surface area contributed by atoms with Gasteiger partial charge in [0.1, 0.15) is 6.04 Å². The summed E-state index contributed by atoms with van der Waals surface area (Å²) in [4.78, 5) is 38.6. The van der Waals surface area contributed by atoms with Crippen LogP contribution < -0.4 is 16.0 Å². The highest BCUT2D eigenvalue weighted by Gasteiger charge is 2.25. The van der Waals surface area contributed by atoms with Crippen molar-refractivity contribution in [3.8, 4) is 0 Å². The molecule has 154 valence electrons. The van der Waals surface area contributed by atoms with Crippen LogP contribution >= 0.6 is 0 Å². The van der Waals surface area contributed by atoms with Crippen LogP contribution in [0.2, 0.25) is 0 Å². The topological polar surface area (TPSA) is 90.5 Å². The van der Waals surface area contributed by atoms with Gasteiger partial charge in [-0.05, 0) is 52.2 Å². The van der Waals surface area contributed by atoms with Crippen LogP contribution in [0.4, 0.5) is 4.79 Å². The summed E-state index contributed by atoms with van der Waals surface area (Å²) < 4.78 is 0. The quantitative estimate of drug-likeness (QED) is 0.698. The average molecular weight is 389 g/mol. The molecule has 2 unspecified atom stereocenters. The monoisotopic (exact) mass is 388 g/mol. The summed E-state index contributed by atoms with van der Waals surface area (Å²) in [6.45, 7) is 8.77. The van der Waals surface area contributed by atoms with E-state index in [1.165, 1.54) is 0 Å². The summed E-state index contributed by atoms with van der Waals surface area (Å²) in [5.74, 6) is -0.166. The highest BCUT2D eigenvalue weighted by atomic mass is 16.2. The normalized spacial score (nSPS) is 16.8. The van der Waals surface area contributed by atoms with Crippen molar-refractivity contribution in [1.29, 1.82) is 0 Å². The average Bonchev–Trinajstić information content (AvgIpc) is 2.68. The Balaban J connectivity index is 1.75. The van der Waals surface area contributed by atoms with Crippen LogP contribution in [0, 0.1) is 6.92 Å². The number of amides is 4. The SMILES string of the molecule is CCC(C)NC(=O)C(C)NC(=O)NC1CCN(C(=O)c2ccc(C)cc2)CC1. The lowest BCUT2D eigenvalue weighted by Gasteiger charge is -2.32. The molecule has 1 aromatic carbocycles. The van der Waals surface area contributed by atoms with Gasteiger partial charge >= 0.3 is 6.03 Å². The van der Waals surface area contributed by atoms with Gasteiger partial charge < -0.3 is 20.9 Å². The fourth-order valence-electron chi connectivity index (χ4n) is 3.06. The van der Waals surface area contributed by atoms with Crippen LogP contribution in [-0.2, 0) is 4.79 Å². The number of benzene rings is 1. The van der Waals surface area contributed by atoms with E-state index in [1.54, 1.807) is 6.92 Å². The van der Waals surface area contributed by atoms with Crippen molar-refractivity contribution in [2.75, 3.05) is 13.1 Å². The Bertz CT molecular complexity index is 681. The molecule has 0 aliphatic carbocycles. The van der Waals surface area contributed by atoms with E-state index >= 15 is 0 Å². The summed E-state index contributed by atoms with van der Waals surface area (Å²) in [5.41, 5.74) is 1.81. The molecule has 1 aliphatic rings. The highest BCUT2D eigenvalue weighted by molar-refractivity contribution is 5.94. The molecule has 7 heteroatoms. The van der Waals surface area contributed by atoms with Crippen molar-refractivity contribution in [3.05, 3.63) is 35.4 Å². The Labute approximate surface area is 167 Å². The van der Waals surface area contributed by atoms with E-state index in [0.29, 0.717) is 31.5 Å². The largest absolute Gasteiger partial charge is 0.352 e. The number of piperidine rings is 1. The second-order valence-corrected chi connectivity index (χ2v) is 7.59. The predicted molar refractivity (Wildman–Crippen MR) is 109 cm³/mol. The second-order valence-electron chi connectivity index (χ2n) is 7.59. The zero-order valence-corrected chi connectivity index (χ0v) is 17.2. The third-order valence-corrected chi connectivity index (χ3v) is 5.16. The summed E-state index contributed by atoms with van der Waals surface area (Å²) in [6, 6.07) is 6.69. The molecule has 1 aromatic rings. The Morgan fingerprint density at radius 2 is 1.68 bits per heavy atom. The van der Waals surface area contributed by atoms with Crippen LogP contribution in [-0.4, -0.2) is 54.0 Å². The van der Waals surface area contributed by atoms with Gasteiger partial charge in [0.15, 0.2) is 0 Å². The molecule has 2 rings (SSSR count). The van der Waals surface area contributed by atoms with Gasteiger partial charge in [-0.2, -0.15) is 0 Å². The van der Waals surface area contributed by atoms with Gasteiger partial charge in [-0.15, -0.1) is 0 Å². The third kappa shape index (κ3) is 6.25. The van der Waals surface area contributed by atoms with Gasteiger partial charge in [-0.1, -0.05) is 24.6 Å². The first-order chi connectivity index (χ1) is 13.3. The van der Waals surface area contributed by atoms with Crippen LogP contribution in [0.3, 0.4) is 0 Å². The van der Waals surface area contributed by atoms with E-state index in [-0.39, 0.29) is 29.9 Å². The molecule has 0 spiro atoms. The molecule has 2 atom stereocenters. The lowest BCUT2D eigenvalue weighted by molar-refractivity contribution is -0.123. The van der Waals surface area contributed by atoms with Gasteiger partial charge in [0.2, 0.25) is 5.91 Å². The molecule has 0 bridgehead atoms. The van der Waals surface area contributed by atoms with Crippen molar-refractivity contribution in [2.45, 2.75) is 65.1 Å². The van der Waals surface area contributed by atoms with Crippen molar-refractivity contribution >= 4 is 17.8 Å². The molecule has 1 saturated heterocycles. The first-order valence-corrected chi connectivity index (χ1v) is 10.0. The van der Waals surface area contributed by atoms with Crippen LogP contribution in [0.15, 0.2) is 24.3 Å². The lowest BCUT2D eigenvalue weighted by atomic mass is 10.0. The Hall–Kier alpha value is -2.57. The molecule has 0 aromatic heterocycles. The number of aryl methyl sites for hydroxylation is 1. The van der Waals surface area contributed by atoms with Gasteiger partial charge in [-0.3, -0.25) is 9.59 Å². The maximum Gasteiger partial charge on any atom is 0.315 e. The van der Waals surface area contributed by atoms with Gasteiger partial charge in [-0.25, -0.2) is 4.79 Å². The van der Waals surface area contributed by atoms with Gasteiger partial charge in [0.25, 0.3) is 5.91 Å². The lowest BCUT2D eigenvalue weighted by Crippen LogP contribution is -2.53. The zero-order valence-electron chi connectivity index (χ0n) is 17.2. The predicted octanol–water partition coefficient (Wildman–Crippen LogP) is 2.20. The summed E-state index contributed by atoms with van der Waals surface area (Å²) in [7, 11) is 0.